The first-order chi connectivity index (χ1) is 13.6. The summed E-state index contributed by atoms with van der Waals surface area (Å²) in [4.78, 5) is 28.9. The predicted octanol–water partition coefficient (Wildman–Crippen LogP) is 3.25. The molecule has 0 spiro atoms. The SMILES string of the molecule is Cc1cc(C(=O)N2CCN(C(=O)c3cccc(-c4ccccc4)c3)CC2)no1. The summed E-state index contributed by atoms with van der Waals surface area (Å²) in [5, 5.41) is 3.78. The summed E-state index contributed by atoms with van der Waals surface area (Å²) in [6.45, 7) is 3.71. The molecule has 6 heteroatoms. The summed E-state index contributed by atoms with van der Waals surface area (Å²) in [7, 11) is 0. The summed E-state index contributed by atoms with van der Waals surface area (Å²) >= 11 is 0. The number of aromatic nitrogens is 1. The molecule has 6 nitrogen and oxygen atoms in total. The molecule has 0 unspecified atom stereocenters. The maximum absolute atomic E-state index is 12.9. The zero-order valence-electron chi connectivity index (χ0n) is 15.7. The molecule has 0 atom stereocenters. The van der Waals surface area contributed by atoms with Gasteiger partial charge in [-0.1, -0.05) is 47.6 Å². The van der Waals surface area contributed by atoms with Crippen LogP contribution in [-0.4, -0.2) is 52.9 Å². The van der Waals surface area contributed by atoms with Crippen LogP contribution in [0, 0.1) is 6.92 Å². The van der Waals surface area contributed by atoms with Gasteiger partial charge in [0.2, 0.25) is 0 Å². The van der Waals surface area contributed by atoms with E-state index in [-0.39, 0.29) is 11.8 Å². The van der Waals surface area contributed by atoms with Crippen LogP contribution in [0.2, 0.25) is 0 Å². The first-order valence-corrected chi connectivity index (χ1v) is 9.29. The van der Waals surface area contributed by atoms with E-state index in [2.05, 4.69) is 5.16 Å². The van der Waals surface area contributed by atoms with Crippen molar-refractivity contribution in [2.24, 2.45) is 0 Å². The number of carbonyl (C=O) groups is 2. The molecular weight excluding hydrogens is 354 g/mol. The van der Waals surface area contributed by atoms with Crippen LogP contribution in [0.15, 0.2) is 65.2 Å². The van der Waals surface area contributed by atoms with E-state index in [1.165, 1.54) is 0 Å². The Kier molecular flexibility index (Phi) is 4.93. The standard InChI is InChI=1S/C22H21N3O3/c1-16-14-20(23-28-16)22(27)25-12-10-24(11-13-25)21(26)19-9-5-8-18(15-19)17-6-3-2-4-7-17/h2-9,14-15H,10-13H2,1H3. The third kappa shape index (κ3) is 3.67. The highest BCUT2D eigenvalue weighted by atomic mass is 16.5. The normalized spacial score (nSPS) is 14.2. The highest BCUT2D eigenvalue weighted by Crippen LogP contribution is 2.21. The molecule has 1 aromatic heterocycles. The van der Waals surface area contributed by atoms with E-state index in [0.29, 0.717) is 43.2 Å². The van der Waals surface area contributed by atoms with Crippen LogP contribution in [0.3, 0.4) is 0 Å². The van der Waals surface area contributed by atoms with Gasteiger partial charge in [-0.3, -0.25) is 9.59 Å². The van der Waals surface area contributed by atoms with Gasteiger partial charge < -0.3 is 14.3 Å². The number of piperazine rings is 1. The van der Waals surface area contributed by atoms with E-state index in [1.807, 2.05) is 54.6 Å². The summed E-state index contributed by atoms with van der Waals surface area (Å²) in [5.41, 5.74) is 3.07. The third-order valence-electron chi connectivity index (χ3n) is 4.92. The van der Waals surface area contributed by atoms with Crippen molar-refractivity contribution in [1.29, 1.82) is 0 Å². The Labute approximate surface area is 163 Å². The number of benzene rings is 2. The van der Waals surface area contributed by atoms with Crippen molar-refractivity contribution in [1.82, 2.24) is 15.0 Å². The number of hydrogen-bond acceptors (Lipinski definition) is 4. The Bertz CT molecular complexity index is 989. The van der Waals surface area contributed by atoms with Crippen LogP contribution in [0.5, 0.6) is 0 Å². The Morgan fingerprint density at radius 2 is 1.46 bits per heavy atom. The van der Waals surface area contributed by atoms with Crippen molar-refractivity contribution < 1.29 is 14.1 Å². The van der Waals surface area contributed by atoms with Crippen LogP contribution in [-0.2, 0) is 0 Å². The number of hydrogen-bond donors (Lipinski definition) is 0. The fourth-order valence-electron chi connectivity index (χ4n) is 3.39. The van der Waals surface area contributed by atoms with E-state index in [4.69, 9.17) is 4.52 Å². The molecule has 0 saturated carbocycles. The molecule has 142 valence electrons. The number of nitrogens with zero attached hydrogens (tertiary/aromatic N) is 3. The molecule has 1 fully saturated rings. The Morgan fingerprint density at radius 1 is 0.821 bits per heavy atom. The Balaban J connectivity index is 1.42. The first kappa shape index (κ1) is 18.0. The van der Waals surface area contributed by atoms with E-state index >= 15 is 0 Å². The highest BCUT2D eigenvalue weighted by molar-refractivity contribution is 5.96. The molecule has 0 aliphatic carbocycles. The molecule has 0 radical (unpaired) electrons. The second kappa shape index (κ2) is 7.68. The number of aryl methyl sites for hydroxylation is 1. The fourth-order valence-corrected chi connectivity index (χ4v) is 3.39. The van der Waals surface area contributed by atoms with Crippen molar-refractivity contribution in [2.75, 3.05) is 26.2 Å². The van der Waals surface area contributed by atoms with Crippen LogP contribution in [0.4, 0.5) is 0 Å². The minimum atomic E-state index is -0.157. The largest absolute Gasteiger partial charge is 0.361 e. The number of rotatable bonds is 3. The molecule has 2 heterocycles. The van der Waals surface area contributed by atoms with Crippen LogP contribution in [0.1, 0.15) is 26.6 Å². The van der Waals surface area contributed by atoms with E-state index < -0.39 is 0 Å². The van der Waals surface area contributed by atoms with Gasteiger partial charge in [-0.25, -0.2) is 0 Å². The third-order valence-corrected chi connectivity index (χ3v) is 4.92. The van der Waals surface area contributed by atoms with Gasteiger partial charge in [0.25, 0.3) is 11.8 Å². The van der Waals surface area contributed by atoms with Gasteiger partial charge in [0.15, 0.2) is 5.69 Å². The lowest BCUT2D eigenvalue weighted by Gasteiger charge is -2.34. The van der Waals surface area contributed by atoms with E-state index in [0.717, 1.165) is 11.1 Å². The van der Waals surface area contributed by atoms with Gasteiger partial charge in [0.1, 0.15) is 5.76 Å². The lowest BCUT2D eigenvalue weighted by molar-refractivity contribution is 0.0530. The van der Waals surface area contributed by atoms with Crippen molar-refractivity contribution >= 4 is 11.8 Å². The number of amides is 2. The molecule has 4 rings (SSSR count). The smallest absolute Gasteiger partial charge is 0.276 e. The van der Waals surface area contributed by atoms with E-state index in [9.17, 15) is 9.59 Å². The van der Waals surface area contributed by atoms with Crippen molar-refractivity contribution in [3.05, 3.63) is 77.7 Å². The topological polar surface area (TPSA) is 66.7 Å². The van der Waals surface area contributed by atoms with Gasteiger partial charge in [-0.05, 0) is 30.2 Å². The minimum Gasteiger partial charge on any atom is -0.361 e. The molecule has 28 heavy (non-hydrogen) atoms. The molecule has 2 aromatic carbocycles. The van der Waals surface area contributed by atoms with Crippen LogP contribution >= 0.6 is 0 Å². The molecule has 3 aromatic rings. The molecule has 2 amide bonds. The quantitative estimate of drug-likeness (QED) is 0.705. The average Bonchev–Trinajstić information content (AvgIpc) is 3.20. The van der Waals surface area contributed by atoms with Gasteiger partial charge in [0, 0.05) is 37.8 Å². The molecular formula is C22H21N3O3. The maximum Gasteiger partial charge on any atom is 0.276 e. The first-order valence-electron chi connectivity index (χ1n) is 9.29. The summed E-state index contributed by atoms with van der Waals surface area (Å²) in [6, 6.07) is 19.3. The molecule has 1 aliphatic heterocycles. The summed E-state index contributed by atoms with van der Waals surface area (Å²) in [5.74, 6) is 0.438. The van der Waals surface area contributed by atoms with Crippen LogP contribution in [0.25, 0.3) is 11.1 Å². The van der Waals surface area contributed by atoms with Gasteiger partial charge in [-0.2, -0.15) is 0 Å². The zero-order chi connectivity index (χ0) is 19.5. The van der Waals surface area contributed by atoms with Crippen molar-refractivity contribution in [3.8, 4) is 11.1 Å². The Hall–Kier alpha value is -3.41. The highest BCUT2D eigenvalue weighted by Gasteiger charge is 2.27. The average molecular weight is 375 g/mol. The minimum absolute atomic E-state index is 0.0119. The monoisotopic (exact) mass is 375 g/mol. The summed E-state index contributed by atoms with van der Waals surface area (Å²) < 4.78 is 4.98. The Morgan fingerprint density at radius 3 is 2.11 bits per heavy atom. The molecule has 0 bridgehead atoms. The summed E-state index contributed by atoms with van der Waals surface area (Å²) in [6.07, 6.45) is 0. The van der Waals surface area contributed by atoms with Gasteiger partial charge in [0.05, 0.1) is 0 Å². The predicted molar refractivity (Wildman–Crippen MR) is 105 cm³/mol. The maximum atomic E-state index is 12.9. The lowest BCUT2D eigenvalue weighted by atomic mass is 10.0. The lowest BCUT2D eigenvalue weighted by Crippen LogP contribution is -2.50. The van der Waals surface area contributed by atoms with Crippen molar-refractivity contribution in [3.63, 3.8) is 0 Å². The number of carbonyl (C=O) groups excluding carboxylic acids is 2. The van der Waals surface area contributed by atoms with Gasteiger partial charge >= 0.3 is 0 Å². The second-order valence-electron chi connectivity index (χ2n) is 6.85. The van der Waals surface area contributed by atoms with Crippen molar-refractivity contribution in [2.45, 2.75) is 6.92 Å². The van der Waals surface area contributed by atoms with Crippen LogP contribution < -0.4 is 0 Å². The second-order valence-corrected chi connectivity index (χ2v) is 6.85. The molecule has 1 saturated heterocycles. The van der Waals surface area contributed by atoms with Gasteiger partial charge in [-0.15, -0.1) is 0 Å². The molecule has 0 N–H and O–H groups in total. The zero-order valence-corrected chi connectivity index (χ0v) is 15.7. The fraction of sp³-hybridized carbons (Fsp3) is 0.227. The van der Waals surface area contributed by atoms with E-state index in [1.54, 1.807) is 22.8 Å². The molecule has 1 aliphatic rings.